The maximum Gasteiger partial charge on any atom is 0.340 e. The first-order chi connectivity index (χ1) is 8.04. The second-order valence-corrected chi connectivity index (χ2v) is 3.31. The monoisotopic (exact) mass is 238 g/mol. The predicted molar refractivity (Wildman–Crippen MR) is 59.9 cm³/mol. The van der Waals surface area contributed by atoms with Crippen LogP contribution in [0.15, 0.2) is 24.3 Å². The van der Waals surface area contributed by atoms with Crippen molar-refractivity contribution in [3.8, 4) is 0 Å². The Balaban J connectivity index is 2.66. The molecule has 1 aromatic carbocycles. The highest BCUT2D eigenvalue weighted by molar-refractivity contribution is 5.92. The van der Waals surface area contributed by atoms with Crippen molar-refractivity contribution in [2.45, 2.75) is 20.1 Å². The summed E-state index contributed by atoms with van der Waals surface area (Å²) >= 11 is 0. The summed E-state index contributed by atoms with van der Waals surface area (Å²) in [5.74, 6) is -1.57. The lowest BCUT2D eigenvalue weighted by Crippen LogP contribution is -2.18. The Kier molecular flexibility index (Phi) is 4.66. The van der Waals surface area contributed by atoms with Gasteiger partial charge in [0.15, 0.2) is 6.29 Å². The van der Waals surface area contributed by atoms with Crippen molar-refractivity contribution in [2.75, 3.05) is 6.61 Å². The second-order valence-electron chi connectivity index (χ2n) is 3.31. The largest absolute Gasteiger partial charge is 0.478 e. The van der Waals surface area contributed by atoms with Gasteiger partial charge in [-0.25, -0.2) is 9.59 Å². The van der Waals surface area contributed by atoms with E-state index < -0.39 is 18.2 Å². The average molecular weight is 238 g/mol. The van der Waals surface area contributed by atoms with Gasteiger partial charge in [-0.05, 0) is 38.1 Å². The molecule has 1 aromatic rings. The summed E-state index contributed by atoms with van der Waals surface area (Å²) < 4.78 is 10.0. The van der Waals surface area contributed by atoms with E-state index in [4.69, 9.17) is 14.6 Å². The molecule has 0 aliphatic rings. The fourth-order valence-electron chi connectivity index (χ4n) is 1.24. The Hall–Kier alpha value is -1.88. The molecule has 5 nitrogen and oxygen atoms in total. The van der Waals surface area contributed by atoms with Crippen molar-refractivity contribution in [1.82, 2.24) is 0 Å². The van der Waals surface area contributed by atoms with E-state index >= 15 is 0 Å². The molecule has 17 heavy (non-hydrogen) atoms. The molecule has 0 saturated carbocycles. The normalized spacial score (nSPS) is 11.9. The van der Waals surface area contributed by atoms with Gasteiger partial charge in [-0.2, -0.15) is 0 Å². The van der Waals surface area contributed by atoms with Crippen LogP contribution in [0.1, 0.15) is 34.6 Å². The smallest absolute Gasteiger partial charge is 0.340 e. The molecule has 1 atom stereocenters. The van der Waals surface area contributed by atoms with Crippen molar-refractivity contribution in [2.24, 2.45) is 0 Å². The Morgan fingerprint density at radius 3 is 2.24 bits per heavy atom. The number of carbonyl (C=O) groups is 2. The van der Waals surface area contributed by atoms with Gasteiger partial charge in [0.2, 0.25) is 0 Å². The number of esters is 1. The Morgan fingerprint density at radius 1 is 1.24 bits per heavy atom. The van der Waals surface area contributed by atoms with E-state index in [1.807, 2.05) is 0 Å². The van der Waals surface area contributed by atoms with E-state index in [1.165, 1.54) is 24.3 Å². The zero-order chi connectivity index (χ0) is 12.8. The quantitative estimate of drug-likeness (QED) is 0.626. The molecular formula is C12H14O5. The van der Waals surface area contributed by atoms with E-state index in [1.54, 1.807) is 13.8 Å². The lowest BCUT2D eigenvalue weighted by Gasteiger charge is -2.12. The van der Waals surface area contributed by atoms with Gasteiger partial charge >= 0.3 is 11.9 Å². The molecule has 0 fully saturated rings. The predicted octanol–water partition coefficient (Wildman–Crippen LogP) is 1.92. The summed E-state index contributed by atoms with van der Waals surface area (Å²) in [6, 6.07) is 5.52. The van der Waals surface area contributed by atoms with Gasteiger partial charge in [-0.15, -0.1) is 0 Å². The van der Waals surface area contributed by atoms with Crippen molar-refractivity contribution in [1.29, 1.82) is 0 Å². The van der Waals surface area contributed by atoms with Crippen LogP contribution in [0.5, 0.6) is 0 Å². The topological polar surface area (TPSA) is 72.8 Å². The lowest BCUT2D eigenvalue weighted by atomic mass is 10.1. The first kappa shape index (κ1) is 13.2. The van der Waals surface area contributed by atoms with Crippen LogP contribution in [-0.4, -0.2) is 29.9 Å². The van der Waals surface area contributed by atoms with Crippen LogP contribution >= 0.6 is 0 Å². The molecule has 0 aliphatic heterocycles. The molecule has 1 N–H and O–H groups in total. The minimum Gasteiger partial charge on any atom is -0.478 e. The zero-order valence-corrected chi connectivity index (χ0v) is 9.67. The van der Waals surface area contributed by atoms with E-state index in [0.29, 0.717) is 12.2 Å². The van der Waals surface area contributed by atoms with Gasteiger partial charge in [-0.3, -0.25) is 0 Å². The summed E-state index contributed by atoms with van der Waals surface area (Å²) in [4.78, 5) is 22.2. The molecule has 0 aliphatic carbocycles. The number of carboxylic acids is 1. The van der Waals surface area contributed by atoms with Crippen LogP contribution in [0.3, 0.4) is 0 Å². The van der Waals surface area contributed by atoms with Crippen molar-refractivity contribution >= 4 is 11.9 Å². The molecule has 0 bridgehead atoms. The van der Waals surface area contributed by atoms with Crippen LogP contribution in [0.2, 0.25) is 0 Å². The first-order valence-electron chi connectivity index (χ1n) is 5.20. The number of carboxylic acid groups (broad SMARTS) is 1. The van der Waals surface area contributed by atoms with E-state index in [-0.39, 0.29) is 5.56 Å². The Labute approximate surface area is 99.0 Å². The molecule has 0 heterocycles. The minimum absolute atomic E-state index is 0.124. The van der Waals surface area contributed by atoms with E-state index in [0.717, 1.165) is 0 Å². The molecule has 92 valence electrons. The number of ether oxygens (including phenoxy) is 2. The summed E-state index contributed by atoms with van der Waals surface area (Å²) in [7, 11) is 0. The Morgan fingerprint density at radius 2 is 1.76 bits per heavy atom. The van der Waals surface area contributed by atoms with Gasteiger partial charge in [0.05, 0.1) is 11.1 Å². The van der Waals surface area contributed by atoms with Crippen molar-refractivity contribution < 1.29 is 24.2 Å². The van der Waals surface area contributed by atoms with Gasteiger partial charge in [0.1, 0.15) is 0 Å². The SMILES string of the molecule is CCOC(C)OC(=O)c1ccc(C(=O)O)cc1. The molecule has 0 radical (unpaired) electrons. The molecular weight excluding hydrogens is 224 g/mol. The molecule has 0 aromatic heterocycles. The molecule has 0 saturated heterocycles. The second kappa shape index (κ2) is 6.00. The number of hydrogen-bond donors (Lipinski definition) is 1. The van der Waals surface area contributed by atoms with Crippen LogP contribution < -0.4 is 0 Å². The molecule has 0 spiro atoms. The zero-order valence-electron chi connectivity index (χ0n) is 9.67. The van der Waals surface area contributed by atoms with Gasteiger partial charge in [0.25, 0.3) is 0 Å². The molecule has 1 unspecified atom stereocenters. The highest BCUT2D eigenvalue weighted by Crippen LogP contribution is 2.07. The van der Waals surface area contributed by atoms with Crippen molar-refractivity contribution in [3.63, 3.8) is 0 Å². The highest BCUT2D eigenvalue weighted by atomic mass is 16.7. The Bertz CT molecular complexity index is 396. The van der Waals surface area contributed by atoms with Gasteiger partial charge < -0.3 is 14.6 Å². The standard InChI is InChI=1S/C12H14O5/c1-3-16-8(2)17-12(15)10-6-4-9(5-7-10)11(13)14/h4-8H,3H2,1-2H3,(H,13,14). The number of hydrogen-bond acceptors (Lipinski definition) is 4. The number of aromatic carboxylic acids is 1. The van der Waals surface area contributed by atoms with Gasteiger partial charge in [0, 0.05) is 6.61 Å². The van der Waals surface area contributed by atoms with E-state index in [9.17, 15) is 9.59 Å². The highest BCUT2D eigenvalue weighted by Gasteiger charge is 2.12. The van der Waals surface area contributed by atoms with Crippen LogP contribution in [0, 0.1) is 0 Å². The third-order valence-corrected chi connectivity index (χ3v) is 2.04. The lowest BCUT2D eigenvalue weighted by molar-refractivity contribution is -0.0940. The van der Waals surface area contributed by atoms with Crippen molar-refractivity contribution in [3.05, 3.63) is 35.4 Å². The molecule has 1 rings (SSSR count). The first-order valence-corrected chi connectivity index (χ1v) is 5.20. The minimum atomic E-state index is -1.03. The third-order valence-electron chi connectivity index (χ3n) is 2.04. The number of rotatable bonds is 5. The number of benzene rings is 1. The average Bonchev–Trinajstić information content (AvgIpc) is 2.29. The van der Waals surface area contributed by atoms with Crippen LogP contribution in [0.4, 0.5) is 0 Å². The number of carbonyl (C=O) groups excluding carboxylic acids is 1. The van der Waals surface area contributed by atoms with E-state index in [2.05, 4.69) is 0 Å². The van der Waals surface area contributed by atoms with Gasteiger partial charge in [-0.1, -0.05) is 0 Å². The third kappa shape index (κ3) is 3.88. The molecule has 5 heteroatoms. The summed E-state index contributed by atoms with van der Waals surface area (Å²) in [6.07, 6.45) is -0.619. The maximum atomic E-state index is 11.6. The molecule has 0 amide bonds. The summed E-state index contributed by atoms with van der Waals surface area (Å²) in [5, 5.41) is 8.69. The fraction of sp³-hybridized carbons (Fsp3) is 0.333. The maximum absolute atomic E-state index is 11.6. The van der Waals surface area contributed by atoms with Crippen LogP contribution in [-0.2, 0) is 9.47 Å². The summed E-state index contributed by atoms with van der Waals surface area (Å²) in [6.45, 7) is 3.87. The van der Waals surface area contributed by atoms with Crippen LogP contribution in [0.25, 0.3) is 0 Å². The summed E-state index contributed by atoms with van der Waals surface area (Å²) in [5.41, 5.74) is 0.418. The fourth-order valence-corrected chi connectivity index (χ4v) is 1.24.